The van der Waals surface area contributed by atoms with Gasteiger partial charge in [0.25, 0.3) is 0 Å². The minimum absolute atomic E-state index is 0.456. The Morgan fingerprint density at radius 2 is 2.00 bits per heavy atom. The molecule has 0 aromatic carbocycles. The fraction of sp³-hybridized carbons (Fsp3) is 0.200. The molecule has 0 aliphatic rings. The molecule has 1 atom stereocenters. The number of hydrogen-bond acceptors (Lipinski definition) is 3. The summed E-state index contributed by atoms with van der Waals surface area (Å²) in [5.41, 5.74) is 0.946. The third-order valence-corrected chi connectivity index (χ3v) is 6.16. The molecule has 2 aromatic heterocycles. The molecule has 0 fully saturated rings. The van der Waals surface area contributed by atoms with Gasteiger partial charge in [-0.15, -0.1) is 22.7 Å². The van der Waals surface area contributed by atoms with E-state index in [1.807, 2.05) is 17.5 Å². The number of aliphatic hydroxyl groups excluding tert-OH is 1. The molecule has 0 spiro atoms. The van der Waals surface area contributed by atoms with Gasteiger partial charge in [0.1, 0.15) is 0 Å². The van der Waals surface area contributed by atoms with Gasteiger partial charge < -0.3 is 5.11 Å². The van der Waals surface area contributed by atoms with Crippen LogP contribution in [0.5, 0.6) is 0 Å². The van der Waals surface area contributed by atoms with Gasteiger partial charge >= 0.3 is 0 Å². The van der Waals surface area contributed by atoms with Crippen molar-refractivity contribution in [3.05, 3.63) is 40.0 Å². The minimum Gasteiger partial charge on any atom is -0.388 e. The molecule has 2 rings (SSSR count). The summed E-state index contributed by atoms with van der Waals surface area (Å²) in [6, 6.07) is 4.01. The molecule has 2 aromatic rings. The number of thiophene rings is 2. The highest BCUT2D eigenvalue weighted by molar-refractivity contribution is 9.12. The first-order chi connectivity index (χ1) is 7.56. The van der Waals surface area contributed by atoms with E-state index in [-0.39, 0.29) is 0 Å². The smallest absolute Gasteiger partial charge is 0.0857 e. The Kier molecular flexibility index (Phi) is 4.66. The molecule has 0 aliphatic carbocycles. The van der Waals surface area contributed by atoms with Gasteiger partial charge in [-0.05, 0) is 59.9 Å². The molecule has 0 bridgehead atoms. The summed E-state index contributed by atoms with van der Waals surface area (Å²) < 4.78 is 3.09. The van der Waals surface area contributed by atoms with Crippen LogP contribution in [0.4, 0.5) is 0 Å². The van der Waals surface area contributed by atoms with E-state index in [1.54, 1.807) is 22.7 Å². The van der Waals surface area contributed by atoms with E-state index < -0.39 is 6.10 Å². The first-order valence-corrected chi connectivity index (χ1v) is 8.49. The monoisotopic (exact) mass is 444 g/mol. The number of halogens is 3. The minimum atomic E-state index is -0.456. The summed E-state index contributed by atoms with van der Waals surface area (Å²) in [6.07, 6.45) is 0.195. The highest BCUT2D eigenvalue weighted by Crippen LogP contribution is 2.37. The number of aliphatic hydroxyl groups is 1. The van der Waals surface area contributed by atoms with Gasteiger partial charge in [-0.25, -0.2) is 0 Å². The summed E-state index contributed by atoms with van der Waals surface area (Å²) in [5, 5.41) is 12.2. The fourth-order valence-electron chi connectivity index (χ4n) is 1.34. The van der Waals surface area contributed by atoms with E-state index in [2.05, 4.69) is 47.8 Å². The molecule has 0 amide bonds. The average molecular weight is 447 g/mol. The van der Waals surface area contributed by atoms with Gasteiger partial charge in [-0.2, -0.15) is 0 Å². The molecule has 16 heavy (non-hydrogen) atoms. The molecule has 0 aliphatic heterocycles. The molecule has 0 saturated heterocycles. The maximum absolute atomic E-state index is 10.1. The van der Waals surface area contributed by atoms with Crippen LogP contribution in [0, 0.1) is 0 Å². The van der Waals surface area contributed by atoms with Gasteiger partial charge in [-0.1, -0.05) is 0 Å². The van der Waals surface area contributed by atoms with Crippen LogP contribution in [0.1, 0.15) is 16.5 Å². The van der Waals surface area contributed by atoms with Gasteiger partial charge in [0.2, 0.25) is 0 Å². The van der Waals surface area contributed by atoms with Crippen molar-refractivity contribution in [2.75, 3.05) is 0 Å². The molecule has 86 valence electrons. The molecule has 1 nitrogen and oxygen atoms in total. The Balaban J connectivity index is 2.14. The van der Waals surface area contributed by atoms with E-state index >= 15 is 0 Å². The maximum Gasteiger partial charge on any atom is 0.0857 e. The predicted octanol–water partition coefficient (Wildman–Crippen LogP) is 5.37. The second-order valence-corrected chi connectivity index (χ2v) is 8.89. The summed E-state index contributed by atoms with van der Waals surface area (Å²) in [7, 11) is 0. The lowest BCUT2D eigenvalue weighted by atomic mass is 10.1. The molecule has 2 heterocycles. The van der Waals surface area contributed by atoms with E-state index in [4.69, 9.17) is 0 Å². The lowest BCUT2D eigenvalue weighted by molar-refractivity contribution is 0.179. The molecule has 1 unspecified atom stereocenters. The van der Waals surface area contributed by atoms with Crippen molar-refractivity contribution >= 4 is 70.5 Å². The van der Waals surface area contributed by atoms with Crippen molar-refractivity contribution in [2.45, 2.75) is 12.5 Å². The van der Waals surface area contributed by atoms with E-state index in [9.17, 15) is 5.11 Å². The van der Waals surface area contributed by atoms with Gasteiger partial charge in [0.05, 0.1) is 13.7 Å². The molecule has 0 radical (unpaired) electrons. The quantitative estimate of drug-likeness (QED) is 0.671. The van der Waals surface area contributed by atoms with Crippen molar-refractivity contribution in [1.82, 2.24) is 0 Å². The largest absolute Gasteiger partial charge is 0.388 e. The summed E-state index contributed by atoms with van der Waals surface area (Å²) in [6.45, 7) is 0. The van der Waals surface area contributed by atoms with Crippen LogP contribution in [0.25, 0.3) is 0 Å². The highest BCUT2D eigenvalue weighted by Gasteiger charge is 2.15. The zero-order valence-corrected chi connectivity index (χ0v) is 14.3. The van der Waals surface area contributed by atoms with Crippen LogP contribution in [-0.2, 0) is 6.42 Å². The van der Waals surface area contributed by atoms with Crippen LogP contribution in [0.2, 0.25) is 0 Å². The zero-order chi connectivity index (χ0) is 11.7. The highest BCUT2D eigenvalue weighted by atomic mass is 79.9. The summed E-state index contributed by atoms with van der Waals surface area (Å²) in [5.74, 6) is 0. The Morgan fingerprint density at radius 3 is 2.50 bits per heavy atom. The normalized spacial score (nSPS) is 13.0. The zero-order valence-electron chi connectivity index (χ0n) is 7.91. The van der Waals surface area contributed by atoms with Crippen molar-refractivity contribution in [2.24, 2.45) is 0 Å². The summed E-state index contributed by atoms with van der Waals surface area (Å²) >= 11 is 13.5. The van der Waals surface area contributed by atoms with Crippen LogP contribution in [-0.4, -0.2) is 5.11 Å². The summed E-state index contributed by atoms with van der Waals surface area (Å²) in [4.78, 5) is 1.17. The van der Waals surface area contributed by atoms with Crippen LogP contribution in [0.15, 0.2) is 29.6 Å². The maximum atomic E-state index is 10.1. The van der Waals surface area contributed by atoms with Crippen LogP contribution in [0.3, 0.4) is 0 Å². The molecular formula is C10H7Br3OS2. The molecule has 0 saturated carbocycles. The predicted molar refractivity (Wildman–Crippen MR) is 80.4 cm³/mol. The Hall–Kier alpha value is 0.800. The van der Waals surface area contributed by atoms with Crippen molar-refractivity contribution < 1.29 is 5.11 Å². The topological polar surface area (TPSA) is 20.2 Å². The lowest BCUT2D eigenvalue weighted by Gasteiger charge is -2.07. The Bertz CT molecular complexity index is 492. The average Bonchev–Trinajstić information content (AvgIpc) is 2.73. The van der Waals surface area contributed by atoms with Gasteiger partial charge in [0.15, 0.2) is 0 Å². The molecular weight excluding hydrogens is 440 g/mol. The third-order valence-electron chi connectivity index (χ3n) is 2.06. The van der Waals surface area contributed by atoms with Crippen molar-refractivity contribution in [3.8, 4) is 0 Å². The first-order valence-electron chi connectivity index (χ1n) is 4.42. The SMILES string of the molecule is OC(Cc1cc(Br)cs1)c1cc(Br)sc1Br. The first kappa shape index (κ1) is 13.2. The Labute approximate surface area is 127 Å². The van der Waals surface area contributed by atoms with Crippen molar-refractivity contribution in [1.29, 1.82) is 0 Å². The lowest BCUT2D eigenvalue weighted by Crippen LogP contribution is -1.99. The standard InChI is InChI=1S/C10H7Br3OS2/c11-5-1-6(15-4-5)2-8(14)7-3-9(12)16-10(7)13/h1,3-4,8,14H,2H2. The number of hydrogen-bond donors (Lipinski definition) is 1. The fourth-order valence-corrected chi connectivity index (χ4v) is 5.79. The van der Waals surface area contributed by atoms with E-state index in [0.717, 1.165) is 17.6 Å². The second kappa shape index (κ2) is 5.63. The Morgan fingerprint density at radius 1 is 1.25 bits per heavy atom. The molecule has 1 N–H and O–H groups in total. The van der Waals surface area contributed by atoms with Crippen molar-refractivity contribution in [3.63, 3.8) is 0 Å². The van der Waals surface area contributed by atoms with E-state index in [1.165, 1.54) is 4.88 Å². The van der Waals surface area contributed by atoms with E-state index in [0.29, 0.717) is 6.42 Å². The van der Waals surface area contributed by atoms with Gasteiger partial charge in [-0.3, -0.25) is 0 Å². The molecule has 6 heteroatoms. The third kappa shape index (κ3) is 3.17. The van der Waals surface area contributed by atoms with Gasteiger partial charge in [0, 0.05) is 26.7 Å². The second-order valence-electron chi connectivity index (χ2n) is 3.23. The number of rotatable bonds is 3. The van der Waals surface area contributed by atoms with Crippen LogP contribution >= 0.6 is 70.5 Å². The van der Waals surface area contributed by atoms with Crippen LogP contribution < -0.4 is 0 Å².